The third kappa shape index (κ3) is 5.77. The van der Waals surface area contributed by atoms with Gasteiger partial charge in [-0.2, -0.15) is 0 Å². The van der Waals surface area contributed by atoms with Crippen LogP contribution in [-0.4, -0.2) is 49.9 Å². The molecule has 0 radical (unpaired) electrons. The van der Waals surface area contributed by atoms with Gasteiger partial charge in [-0.05, 0) is 24.3 Å². The molecule has 1 aromatic heterocycles. The molecule has 1 heterocycles. The van der Waals surface area contributed by atoms with Gasteiger partial charge < -0.3 is 28.7 Å². The maximum absolute atomic E-state index is 13.6. The number of carbonyl (C=O) groups is 2. The lowest BCUT2D eigenvalue weighted by molar-refractivity contribution is -0.145. The van der Waals surface area contributed by atoms with Crippen LogP contribution in [0, 0.1) is 11.6 Å². The van der Waals surface area contributed by atoms with Gasteiger partial charge in [0.25, 0.3) is 11.8 Å². The number of aromatic nitrogens is 2. The summed E-state index contributed by atoms with van der Waals surface area (Å²) < 4.78 is 53.0. The van der Waals surface area contributed by atoms with Gasteiger partial charge in [-0.15, -0.1) is 10.2 Å². The number of carbonyl (C=O) groups excluding carboxylic acids is 2. The highest BCUT2D eigenvalue weighted by Crippen LogP contribution is 2.40. The lowest BCUT2D eigenvalue weighted by Gasteiger charge is -2.12. The van der Waals surface area contributed by atoms with Gasteiger partial charge >= 0.3 is 5.97 Å². The second-order valence-electron chi connectivity index (χ2n) is 6.71. The van der Waals surface area contributed by atoms with E-state index in [1.807, 2.05) is 0 Å². The molecule has 0 atom stereocenters. The van der Waals surface area contributed by atoms with Gasteiger partial charge in [-0.1, -0.05) is 0 Å². The molecule has 3 aromatic rings. The van der Waals surface area contributed by atoms with Crippen LogP contribution >= 0.6 is 0 Å². The molecule has 180 valence electrons. The fourth-order valence-corrected chi connectivity index (χ4v) is 2.89. The first-order valence-corrected chi connectivity index (χ1v) is 9.87. The lowest BCUT2D eigenvalue weighted by Crippen LogP contribution is -2.27. The lowest BCUT2D eigenvalue weighted by atomic mass is 10.2. The van der Waals surface area contributed by atoms with E-state index in [2.05, 4.69) is 15.5 Å². The van der Waals surface area contributed by atoms with Crippen molar-refractivity contribution in [3.8, 4) is 28.7 Å². The van der Waals surface area contributed by atoms with Crippen molar-refractivity contribution < 1.29 is 41.7 Å². The Labute approximate surface area is 192 Å². The van der Waals surface area contributed by atoms with Gasteiger partial charge in [0.1, 0.15) is 11.6 Å². The van der Waals surface area contributed by atoms with Crippen LogP contribution in [0.5, 0.6) is 17.2 Å². The molecule has 1 amide bonds. The summed E-state index contributed by atoms with van der Waals surface area (Å²) >= 11 is 0. The van der Waals surface area contributed by atoms with Crippen LogP contribution in [0.1, 0.15) is 22.7 Å². The van der Waals surface area contributed by atoms with Crippen LogP contribution in [0.15, 0.2) is 34.7 Å². The summed E-state index contributed by atoms with van der Waals surface area (Å²) in [5, 5.41) is 10.1. The van der Waals surface area contributed by atoms with Crippen molar-refractivity contribution >= 4 is 11.9 Å². The van der Waals surface area contributed by atoms with Crippen molar-refractivity contribution in [1.82, 2.24) is 15.5 Å². The molecule has 0 fully saturated rings. The minimum absolute atomic E-state index is 0.0366. The quantitative estimate of drug-likeness (QED) is 0.439. The zero-order valence-corrected chi connectivity index (χ0v) is 18.5. The highest BCUT2D eigenvalue weighted by molar-refractivity contribution is 5.94. The number of ether oxygens (including phenoxy) is 4. The fraction of sp³-hybridized carbons (Fsp3) is 0.273. The second kappa shape index (κ2) is 11.1. The van der Waals surface area contributed by atoms with E-state index in [1.54, 1.807) is 12.1 Å². The van der Waals surface area contributed by atoms with Crippen LogP contribution in [0.25, 0.3) is 11.5 Å². The van der Waals surface area contributed by atoms with E-state index in [4.69, 9.17) is 23.4 Å². The van der Waals surface area contributed by atoms with E-state index < -0.39 is 23.5 Å². The second-order valence-corrected chi connectivity index (χ2v) is 6.71. The predicted octanol–water partition coefficient (Wildman–Crippen LogP) is 2.90. The molecule has 12 heteroatoms. The minimum Gasteiger partial charge on any atom is -0.493 e. The third-order valence-corrected chi connectivity index (χ3v) is 4.53. The molecular weight excluding hydrogens is 456 g/mol. The molecule has 0 aliphatic heterocycles. The predicted molar refractivity (Wildman–Crippen MR) is 112 cm³/mol. The van der Waals surface area contributed by atoms with E-state index in [9.17, 15) is 18.4 Å². The highest BCUT2D eigenvalue weighted by Gasteiger charge is 2.18. The smallest absolute Gasteiger partial charge is 0.308 e. The molecule has 0 unspecified atom stereocenters. The van der Waals surface area contributed by atoms with Gasteiger partial charge in [-0.25, -0.2) is 8.78 Å². The van der Waals surface area contributed by atoms with Crippen molar-refractivity contribution in [1.29, 1.82) is 0 Å². The monoisotopic (exact) mass is 477 g/mol. The molecule has 0 bridgehead atoms. The van der Waals surface area contributed by atoms with Crippen molar-refractivity contribution in [2.24, 2.45) is 0 Å². The molecule has 0 aliphatic carbocycles. The Bertz CT molecular complexity index is 1160. The molecule has 0 spiro atoms. The number of hydrogen-bond donors (Lipinski definition) is 1. The summed E-state index contributed by atoms with van der Waals surface area (Å²) in [5.41, 5.74) is 0.162. The van der Waals surface area contributed by atoms with E-state index >= 15 is 0 Å². The third-order valence-electron chi connectivity index (χ3n) is 4.53. The number of rotatable bonds is 10. The van der Waals surface area contributed by atoms with E-state index in [0.717, 1.165) is 12.1 Å². The summed E-state index contributed by atoms with van der Waals surface area (Å²) in [7, 11) is 4.42. The number of methoxy groups -OCH3 is 3. The molecule has 0 saturated heterocycles. The number of hydrogen-bond acceptors (Lipinski definition) is 9. The zero-order valence-electron chi connectivity index (χ0n) is 18.5. The van der Waals surface area contributed by atoms with Crippen LogP contribution in [0.2, 0.25) is 0 Å². The van der Waals surface area contributed by atoms with Gasteiger partial charge in [-0.3, -0.25) is 9.59 Å². The number of esters is 1. The number of nitrogens with one attached hydrogen (secondary N) is 1. The Balaban J connectivity index is 1.53. The van der Waals surface area contributed by atoms with Crippen LogP contribution in [0.4, 0.5) is 8.78 Å². The molecule has 2 aromatic carbocycles. The van der Waals surface area contributed by atoms with E-state index in [0.29, 0.717) is 28.9 Å². The highest BCUT2D eigenvalue weighted by atomic mass is 19.1. The van der Waals surface area contributed by atoms with Crippen LogP contribution in [-0.2, 0) is 16.1 Å². The summed E-state index contributed by atoms with van der Waals surface area (Å²) in [4.78, 5) is 23.8. The minimum atomic E-state index is -1.00. The molecule has 0 aliphatic rings. The number of nitrogens with zero attached hydrogens (tertiary/aromatic N) is 2. The van der Waals surface area contributed by atoms with E-state index in [-0.39, 0.29) is 36.9 Å². The van der Waals surface area contributed by atoms with E-state index in [1.165, 1.54) is 21.3 Å². The molecular formula is C22H21F2N3O7. The number of halogens is 2. The summed E-state index contributed by atoms with van der Waals surface area (Å²) in [6, 6.07) is 5.82. The van der Waals surface area contributed by atoms with Crippen LogP contribution in [0.3, 0.4) is 0 Å². The van der Waals surface area contributed by atoms with Gasteiger partial charge in [0, 0.05) is 18.2 Å². The SMILES string of the molecule is COc1cc(-c2nnc(COC(=O)CCNC(=O)c3ccc(F)cc3F)o2)cc(OC)c1OC. The fourth-order valence-electron chi connectivity index (χ4n) is 2.89. The number of amides is 1. The summed E-state index contributed by atoms with van der Waals surface area (Å²) in [5.74, 6) is -1.88. The first-order chi connectivity index (χ1) is 16.4. The number of benzene rings is 2. The van der Waals surface area contributed by atoms with Crippen molar-refractivity contribution in [2.45, 2.75) is 13.0 Å². The van der Waals surface area contributed by atoms with Crippen molar-refractivity contribution in [3.05, 3.63) is 53.4 Å². The largest absolute Gasteiger partial charge is 0.493 e. The average molecular weight is 477 g/mol. The molecule has 0 saturated carbocycles. The first-order valence-electron chi connectivity index (χ1n) is 9.87. The molecule has 3 rings (SSSR count). The summed E-state index contributed by atoms with van der Waals surface area (Å²) in [6.45, 7) is -0.411. The Hall–Kier alpha value is -4.22. The Morgan fingerprint density at radius 2 is 1.71 bits per heavy atom. The normalized spacial score (nSPS) is 10.5. The Morgan fingerprint density at radius 3 is 2.32 bits per heavy atom. The molecule has 34 heavy (non-hydrogen) atoms. The average Bonchev–Trinajstić information content (AvgIpc) is 3.30. The van der Waals surface area contributed by atoms with Crippen molar-refractivity contribution in [3.63, 3.8) is 0 Å². The van der Waals surface area contributed by atoms with Crippen LogP contribution < -0.4 is 19.5 Å². The molecule has 10 nitrogen and oxygen atoms in total. The molecule has 1 N–H and O–H groups in total. The summed E-state index contributed by atoms with van der Waals surface area (Å²) in [6.07, 6.45) is -0.192. The maximum Gasteiger partial charge on any atom is 0.308 e. The standard InChI is InChI=1S/C22H21F2N3O7/c1-30-16-8-12(9-17(31-2)20(16)32-3)22-27-26-18(34-22)11-33-19(28)6-7-25-21(29)14-5-4-13(23)10-15(14)24/h4-5,8-10H,6-7,11H2,1-3H3,(H,25,29). The maximum atomic E-state index is 13.6. The Kier molecular flexibility index (Phi) is 7.96. The van der Waals surface area contributed by atoms with Gasteiger partial charge in [0.05, 0.1) is 33.3 Å². The Morgan fingerprint density at radius 1 is 1.00 bits per heavy atom. The van der Waals surface area contributed by atoms with Gasteiger partial charge in [0.15, 0.2) is 18.1 Å². The first kappa shape index (κ1) is 24.4. The zero-order chi connectivity index (χ0) is 24.7. The van der Waals surface area contributed by atoms with Crippen molar-refractivity contribution in [2.75, 3.05) is 27.9 Å². The van der Waals surface area contributed by atoms with Gasteiger partial charge in [0.2, 0.25) is 11.6 Å². The topological polar surface area (TPSA) is 122 Å².